The van der Waals surface area contributed by atoms with Crippen LogP contribution in [0.25, 0.3) is 0 Å². The number of hydrogen-bond donors (Lipinski definition) is 4. The number of benzene rings is 3. The van der Waals surface area contributed by atoms with Gasteiger partial charge in [0.15, 0.2) is 6.61 Å². The first-order valence-electron chi connectivity index (χ1n) is 11.8. The molecule has 193 valence electrons. The van der Waals surface area contributed by atoms with Crippen LogP contribution in [0.2, 0.25) is 0 Å². The fraction of sp³-hybridized carbons (Fsp3) is 0.214. The van der Waals surface area contributed by atoms with E-state index in [1.807, 2.05) is 30.3 Å². The summed E-state index contributed by atoms with van der Waals surface area (Å²) in [5, 5.41) is 5.55. The van der Waals surface area contributed by atoms with Gasteiger partial charge in [0.1, 0.15) is 17.6 Å². The number of nitrogens with one attached hydrogen (secondary N) is 2. The van der Waals surface area contributed by atoms with E-state index in [9.17, 15) is 18.8 Å². The van der Waals surface area contributed by atoms with E-state index in [2.05, 4.69) is 10.6 Å². The third-order valence-electron chi connectivity index (χ3n) is 5.55. The monoisotopic (exact) mass is 505 g/mol. The fourth-order valence-corrected chi connectivity index (χ4v) is 3.56. The van der Waals surface area contributed by atoms with Gasteiger partial charge in [0, 0.05) is 25.1 Å². The highest BCUT2D eigenvalue weighted by Crippen LogP contribution is 2.14. The van der Waals surface area contributed by atoms with Gasteiger partial charge in [-0.3, -0.25) is 14.4 Å². The number of primary amides is 1. The molecule has 3 amide bonds. The summed E-state index contributed by atoms with van der Waals surface area (Å²) in [4.78, 5) is 36.5. The number of hydrogen-bond acceptors (Lipinski definition) is 5. The second-order valence-corrected chi connectivity index (χ2v) is 8.41. The maximum Gasteiger partial charge on any atom is 0.255 e. The van der Waals surface area contributed by atoms with E-state index >= 15 is 0 Å². The molecule has 1 radical (unpaired) electrons. The van der Waals surface area contributed by atoms with E-state index in [1.54, 1.807) is 36.4 Å². The molecule has 9 heteroatoms. The molecule has 0 spiro atoms. The lowest BCUT2D eigenvalue weighted by atomic mass is 10.0. The second kappa shape index (κ2) is 13.7. The molecule has 37 heavy (non-hydrogen) atoms. The van der Waals surface area contributed by atoms with Crippen LogP contribution >= 0.6 is 0 Å². The summed E-state index contributed by atoms with van der Waals surface area (Å²) in [5.74, 6) is -1.29. The van der Waals surface area contributed by atoms with Gasteiger partial charge in [-0.15, -0.1) is 0 Å². The van der Waals surface area contributed by atoms with Crippen LogP contribution < -0.4 is 26.8 Å². The Morgan fingerprint density at radius 1 is 0.946 bits per heavy atom. The number of rotatable bonds is 13. The van der Waals surface area contributed by atoms with E-state index in [0.717, 1.165) is 11.1 Å². The van der Waals surface area contributed by atoms with E-state index in [1.165, 1.54) is 12.5 Å². The molecule has 0 bridgehead atoms. The number of nitrogens with two attached hydrogens (primary N) is 2. The van der Waals surface area contributed by atoms with Crippen molar-refractivity contribution in [3.63, 3.8) is 0 Å². The second-order valence-electron chi connectivity index (χ2n) is 8.41. The molecule has 0 aliphatic carbocycles. The topological polar surface area (TPSA) is 137 Å². The largest absolute Gasteiger partial charge is 0.484 e. The molecule has 0 aliphatic rings. The molecule has 0 aromatic heterocycles. The van der Waals surface area contributed by atoms with Crippen LogP contribution in [0.1, 0.15) is 22.3 Å². The summed E-state index contributed by atoms with van der Waals surface area (Å²) < 4.78 is 19.3. The van der Waals surface area contributed by atoms with Crippen LogP contribution in [0.4, 0.5) is 4.39 Å². The lowest BCUT2D eigenvalue weighted by molar-refractivity contribution is -0.127. The zero-order valence-corrected chi connectivity index (χ0v) is 20.3. The van der Waals surface area contributed by atoms with Crippen LogP contribution in [0.3, 0.4) is 0 Å². The molecule has 0 aliphatic heterocycles. The van der Waals surface area contributed by atoms with Gasteiger partial charge in [0.2, 0.25) is 11.8 Å². The van der Waals surface area contributed by atoms with E-state index < -0.39 is 23.7 Å². The summed E-state index contributed by atoms with van der Waals surface area (Å²) in [6, 6.07) is 20.0. The van der Waals surface area contributed by atoms with Gasteiger partial charge in [0.05, 0.1) is 6.42 Å². The Balaban J connectivity index is 1.58. The third kappa shape index (κ3) is 9.05. The minimum atomic E-state index is -0.830. The van der Waals surface area contributed by atoms with Crippen LogP contribution in [-0.4, -0.2) is 30.4 Å². The van der Waals surface area contributed by atoms with Gasteiger partial charge in [-0.2, -0.15) is 0 Å². The summed E-state index contributed by atoms with van der Waals surface area (Å²) in [5.41, 5.74) is 13.3. The Labute approximate surface area is 215 Å². The molecule has 6 N–H and O–H groups in total. The van der Waals surface area contributed by atoms with Crippen molar-refractivity contribution in [3.05, 3.63) is 107 Å². The zero-order chi connectivity index (χ0) is 26.6. The minimum absolute atomic E-state index is 0.0906. The third-order valence-corrected chi connectivity index (χ3v) is 5.55. The van der Waals surface area contributed by atoms with Crippen LogP contribution in [0.15, 0.2) is 72.8 Å². The first kappa shape index (κ1) is 27.3. The predicted octanol–water partition coefficient (Wildman–Crippen LogP) is 1.94. The molecule has 0 fully saturated rings. The van der Waals surface area contributed by atoms with Gasteiger partial charge < -0.3 is 26.8 Å². The van der Waals surface area contributed by atoms with Crippen molar-refractivity contribution < 1.29 is 23.5 Å². The van der Waals surface area contributed by atoms with E-state index in [0.29, 0.717) is 29.7 Å². The summed E-state index contributed by atoms with van der Waals surface area (Å²) in [7, 11) is 0. The molecule has 3 aromatic rings. The average Bonchev–Trinajstić information content (AvgIpc) is 2.90. The van der Waals surface area contributed by atoms with Crippen molar-refractivity contribution in [1.82, 2.24) is 10.6 Å². The zero-order valence-electron chi connectivity index (χ0n) is 20.3. The summed E-state index contributed by atoms with van der Waals surface area (Å²) in [6.07, 6.45) is 2.07. The molecule has 0 saturated carbocycles. The Kier molecular flexibility index (Phi) is 10.2. The van der Waals surface area contributed by atoms with E-state index in [-0.39, 0.29) is 25.6 Å². The minimum Gasteiger partial charge on any atom is -0.484 e. The molecule has 1 atom stereocenters. The van der Waals surface area contributed by atoms with E-state index in [4.69, 9.17) is 16.2 Å². The van der Waals surface area contributed by atoms with Crippen LogP contribution in [0, 0.1) is 12.2 Å². The van der Waals surface area contributed by atoms with Crippen molar-refractivity contribution in [2.45, 2.75) is 32.0 Å². The fourth-order valence-electron chi connectivity index (χ4n) is 3.56. The Morgan fingerprint density at radius 2 is 1.65 bits per heavy atom. The van der Waals surface area contributed by atoms with Gasteiger partial charge >= 0.3 is 0 Å². The standard InChI is InChI=1S/C28H30FN4O4/c29-24-14-21(6-10-22(24)16-30)17-32-28(36)25(15-20-4-2-1-3-5-20)33-27(35)13-9-19-7-11-23(12-8-19)37-18-26(31)34/h1-8,10-14,25H,9,15-18,30H2,(H2,31,34)(H,32,36)(H,33,35)/t25-/m0/s1. The quantitative estimate of drug-likeness (QED) is 0.281. The van der Waals surface area contributed by atoms with Gasteiger partial charge in [0.25, 0.3) is 5.91 Å². The molecule has 0 heterocycles. The smallest absolute Gasteiger partial charge is 0.255 e. The first-order chi connectivity index (χ1) is 17.8. The highest BCUT2D eigenvalue weighted by molar-refractivity contribution is 5.91. The van der Waals surface area contributed by atoms with Crippen molar-refractivity contribution in [2.24, 2.45) is 11.5 Å². The van der Waals surface area contributed by atoms with Gasteiger partial charge in [-0.05, 0) is 41.3 Å². The van der Waals surface area contributed by atoms with Gasteiger partial charge in [-0.1, -0.05) is 54.6 Å². The number of ether oxygens (including phenoxy) is 1. The van der Waals surface area contributed by atoms with Crippen molar-refractivity contribution >= 4 is 17.7 Å². The first-order valence-corrected chi connectivity index (χ1v) is 11.8. The number of carbonyl (C=O) groups is 3. The SMILES string of the molecule is NCc1ccc(CNC(=O)[C@H](Cc2ccccc2)NC(=O)[CH]Cc2ccc(OCC(N)=O)cc2)cc1F. The predicted molar refractivity (Wildman–Crippen MR) is 137 cm³/mol. The molecular formula is C28H30FN4O4. The summed E-state index contributed by atoms with van der Waals surface area (Å²) >= 11 is 0. The Bertz CT molecular complexity index is 1200. The number of amides is 3. The highest BCUT2D eigenvalue weighted by atomic mass is 19.1. The molecule has 0 unspecified atom stereocenters. The van der Waals surface area contributed by atoms with Crippen LogP contribution in [0.5, 0.6) is 5.75 Å². The maximum atomic E-state index is 14.0. The molecular weight excluding hydrogens is 475 g/mol. The molecule has 3 rings (SSSR count). The van der Waals surface area contributed by atoms with Crippen molar-refractivity contribution in [3.8, 4) is 5.75 Å². The average molecular weight is 506 g/mol. The number of halogens is 1. The summed E-state index contributed by atoms with van der Waals surface area (Å²) in [6.45, 7) is -0.0181. The van der Waals surface area contributed by atoms with Crippen molar-refractivity contribution in [1.29, 1.82) is 0 Å². The van der Waals surface area contributed by atoms with Crippen LogP contribution in [-0.2, 0) is 40.3 Å². The van der Waals surface area contributed by atoms with Crippen molar-refractivity contribution in [2.75, 3.05) is 6.61 Å². The normalized spacial score (nSPS) is 11.4. The Hall–Kier alpha value is -4.24. The highest BCUT2D eigenvalue weighted by Gasteiger charge is 2.21. The van der Waals surface area contributed by atoms with Gasteiger partial charge in [-0.25, -0.2) is 4.39 Å². The number of carbonyl (C=O) groups excluding carboxylic acids is 3. The molecule has 3 aromatic carbocycles. The lowest BCUT2D eigenvalue weighted by Gasteiger charge is -2.19. The molecule has 8 nitrogen and oxygen atoms in total. The lowest BCUT2D eigenvalue weighted by Crippen LogP contribution is -2.48. The molecule has 0 saturated heterocycles. The maximum absolute atomic E-state index is 14.0. The Morgan fingerprint density at radius 3 is 2.30 bits per heavy atom.